The highest BCUT2D eigenvalue weighted by atomic mass is 32.1. The molecule has 0 radical (unpaired) electrons. The summed E-state index contributed by atoms with van der Waals surface area (Å²) in [5, 5.41) is 8.86. The van der Waals surface area contributed by atoms with Crippen LogP contribution in [0.2, 0.25) is 0 Å². The molecule has 3 heterocycles. The van der Waals surface area contributed by atoms with Gasteiger partial charge in [-0.25, -0.2) is 9.37 Å². The molecule has 0 aliphatic heterocycles. The molecule has 1 N–H and O–H groups in total. The van der Waals surface area contributed by atoms with Gasteiger partial charge in [-0.15, -0.1) is 11.3 Å². The number of nitrogens with zero attached hydrogens (tertiary/aromatic N) is 4. The highest BCUT2D eigenvalue weighted by Gasteiger charge is 2.21. The second-order valence-electron chi connectivity index (χ2n) is 8.03. The predicted molar refractivity (Wildman–Crippen MR) is 113 cm³/mol. The summed E-state index contributed by atoms with van der Waals surface area (Å²) in [6.45, 7) is 6.06. The number of carbonyl (C=O) groups is 1. The van der Waals surface area contributed by atoms with Gasteiger partial charge in [-0.2, -0.15) is 4.98 Å². The molecule has 1 aromatic carbocycles. The molecular formula is C21H22FN5O2S. The predicted octanol–water partition coefficient (Wildman–Crippen LogP) is 4.84. The third kappa shape index (κ3) is 4.25. The van der Waals surface area contributed by atoms with Crippen LogP contribution >= 0.6 is 11.3 Å². The number of fused-ring (bicyclic) bond motifs is 1. The van der Waals surface area contributed by atoms with Gasteiger partial charge in [-0.05, 0) is 30.7 Å². The van der Waals surface area contributed by atoms with E-state index in [1.54, 1.807) is 12.1 Å². The van der Waals surface area contributed by atoms with Crippen molar-refractivity contribution in [2.24, 2.45) is 0 Å². The molecule has 0 unspecified atom stereocenters. The molecule has 30 heavy (non-hydrogen) atoms. The van der Waals surface area contributed by atoms with Crippen LogP contribution in [0.1, 0.15) is 45.3 Å². The van der Waals surface area contributed by atoms with Crippen molar-refractivity contribution < 1.29 is 13.7 Å². The highest BCUT2D eigenvalue weighted by molar-refractivity contribution is 7.15. The number of halogens is 1. The Labute approximate surface area is 177 Å². The van der Waals surface area contributed by atoms with Crippen LogP contribution in [0.3, 0.4) is 0 Å². The van der Waals surface area contributed by atoms with E-state index in [-0.39, 0.29) is 17.1 Å². The van der Waals surface area contributed by atoms with Crippen LogP contribution < -0.4 is 5.32 Å². The Morgan fingerprint density at radius 2 is 2.00 bits per heavy atom. The van der Waals surface area contributed by atoms with Crippen LogP contribution in [-0.2, 0) is 16.6 Å². The summed E-state index contributed by atoms with van der Waals surface area (Å²) in [6.07, 6.45) is 3.26. The maximum atomic E-state index is 13.3. The molecule has 0 fully saturated rings. The molecular weight excluding hydrogens is 405 g/mol. The van der Waals surface area contributed by atoms with Gasteiger partial charge in [0.1, 0.15) is 17.3 Å². The van der Waals surface area contributed by atoms with E-state index in [2.05, 4.69) is 20.4 Å². The number of aryl methyl sites for hydroxylation is 1. The van der Waals surface area contributed by atoms with E-state index in [1.807, 2.05) is 36.7 Å². The lowest BCUT2D eigenvalue weighted by Crippen LogP contribution is -2.14. The van der Waals surface area contributed by atoms with E-state index in [4.69, 9.17) is 4.52 Å². The molecule has 4 rings (SSSR count). The van der Waals surface area contributed by atoms with Crippen molar-refractivity contribution in [1.82, 2.24) is 19.5 Å². The largest absolute Gasteiger partial charge is 0.339 e. The summed E-state index contributed by atoms with van der Waals surface area (Å²) in [5.74, 6) is 1.31. The van der Waals surface area contributed by atoms with E-state index in [1.165, 1.54) is 23.5 Å². The van der Waals surface area contributed by atoms with Gasteiger partial charge in [0, 0.05) is 35.4 Å². The minimum atomic E-state index is -0.319. The lowest BCUT2D eigenvalue weighted by atomic mass is 9.96. The topological polar surface area (TPSA) is 85.3 Å². The summed E-state index contributed by atoms with van der Waals surface area (Å²) >= 11 is 1.47. The van der Waals surface area contributed by atoms with Crippen LogP contribution in [0.4, 0.5) is 10.2 Å². The van der Waals surface area contributed by atoms with Gasteiger partial charge < -0.3 is 9.84 Å². The van der Waals surface area contributed by atoms with Crippen molar-refractivity contribution in [1.29, 1.82) is 0 Å². The number of nitrogens with one attached hydrogen (secondary N) is 1. The van der Waals surface area contributed by atoms with Crippen molar-refractivity contribution in [3.05, 3.63) is 53.4 Å². The van der Waals surface area contributed by atoms with Crippen molar-refractivity contribution in [2.75, 3.05) is 5.32 Å². The zero-order valence-corrected chi connectivity index (χ0v) is 17.8. The lowest BCUT2D eigenvalue weighted by molar-refractivity contribution is -0.116. The van der Waals surface area contributed by atoms with Crippen molar-refractivity contribution in [3.63, 3.8) is 0 Å². The minimum Gasteiger partial charge on any atom is -0.339 e. The standard InChI is InChI=1S/C21H22FN5O2S/c1-21(2,3)19-24-16(29-26-19)6-4-5-15(28)23-18-17(13-7-9-14(22)10-8-13)25-20-27(18)11-12-30-20/h7-12H,4-6H2,1-3H3,(H,23,28). The quantitative estimate of drug-likeness (QED) is 0.476. The minimum absolute atomic E-state index is 0.137. The van der Waals surface area contributed by atoms with Gasteiger partial charge in [0.15, 0.2) is 10.8 Å². The fourth-order valence-corrected chi connectivity index (χ4v) is 3.68. The smallest absolute Gasteiger partial charge is 0.226 e. The zero-order valence-electron chi connectivity index (χ0n) is 17.0. The molecule has 9 heteroatoms. The third-order valence-corrected chi connectivity index (χ3v) is 5.33. The number of anilines is 1. The highest BCUT2D eigenvalue weighted by Crippen LogP contribution is 2.31. The maximum Gasteiger partial charge on any atom is 0.226 e. The number of rotatable bonds is 6. The van der Waals surface area contributed by atoms with E-state index in [0.717, 1.165) is 10.5 Å². The molecule has 1 amide bonds. The van der Waals surface area contributed by atoms with Crippen LogP contribution in [0.15, 0.2) is 40.4 Å². The first-order valence-corrected chi connectivity index (χ1v) is 10.5. The molecule has 3 aromatic heterocycles. The molecule has 7 nitrogen and oxygen atoms in total. The van der Waals surface area contributed by atoms with Crippen LogP contribution in [0.25, 0.3) is 16.2 Å². The number of benzene rings is 1. The molecule has 0 spiro atoms. The molecule has 0 saturated carbocycles. The summed E-state index contributed by atoms with van der Waals surface area (Å²) in [5.41, 5.74) is 1.18. The molecule has 0 atom stereocenters. The van der Waals surface area contributed by atoms with E-state index in [0.29, 0.717) is 42.5 Å². The summed E-state index contributed by atoms with van der Waals surface area (Å²) in [4.78, 5) is 22.3. The zero-order chi connectivity index (χ0) is 21.3. The van der Waals surface area contributed by atoms with Gasteiger partial charge in [0.2, 0.25) is 11.8 Å². The first kappa shape index (κ1) is 20.2. The normalized spacial score (nSPS) is 11.9. The average Bonchev–Trinajstić information content (AvgIpc) is 3.40. The molecule has 0 bridgehead atoms. The Hall–Kier alpha value is -3.07. The van der Waals surface area contributed by atoms with Gasteiger partial charge >= 0.3 is 0 Å². The van der Waals surface area contributed by atoms with Crippen LogP contribution in [0, 0.1) is 5.82 Å². The third-order valence-electron chi connectivity index (χ3n) is 4.57. The molecule has 4 aromatic rings. The SMILES string of the molecule is CC(C)(C)c1noc(CCCC(=O)Nc2c(-c3ccc(F)cc3)nc3sccn23)n1. The Morgan fingerprint density at radius 3 is 2.70 bits per heavy atom. The second kappa shape index (κ2) is 7.98. The average molecular weight is 428 g/mol. The molecule has 0 aliphatic carbocycles. The fraction of sp³-hybridized carbons (Fsp3) is 0.333. The number of aromatic nitrogens is 4. The van der Waals surface area contributed by atoms with E-state index in [9.17, 15) is 9.18 Å². The van der Waals surface area contributed by atoms with Crippen LogP contribution in [-0.4, -0.2) is 25.4 Å². The van der Waals surface area contributed by atoms with Crippen molar-refractivity contribution in [2.45, 2.75) is 45.4 Å². The van der Waals surface area contributed by atoms with Crippen molar-refractivity contribution in [3.8, 4) is 11.3 Å². The molecule has 0 saturated heterocycles. The summed E-state index contributed by atoms with van der Waals surface area (Å²) in [7, 11) is 0. The van der Waals surface area contributed by atoms with Gasteiger partial charge in [0.05, 0.1) is 0 Å². The molecule has 0 aliphatic rings. The van der Waals surface area contributed by atoms with Crippen molar-refractivity contribution >= 4 is 28.0 Å². The number of imidazole rings is 1. The number of thiazole rings is 1. The summed E-state index contributed by atoms with van der Waals surface area (Å²) < 4.78 is 20.4. The number of hydrogen-bond donors (Lipinski definition) is 1. The Morgan fingerprint density at radius 1 is 1.23 bits per heavy atom. The number of carbonyl (C=O) groups excluding carboxylic acids is 1. The maximum absolute atomic E-state index is 13.3. The van der Waals surface area contributed by atoms with Gasteiger partial charge in [-0.1, -0.05) is 25.9 Å². The monoisotopic (exact) mass is 427 g/mol. The number of amides is 1. The number of hydrogen-bond acceptors (Lipinski definition) is 6. The van der Waals surface area contributed by atoms with E-state index < -0.39 is 0 Å². The van der Waals surface area contributed by atoms with Crippen LogP contribution in [0.5, 0.6) is 0 Å². The van der Waals surface area contributed by atoms with E-state index >= 15 is 0 Å². The van der Waals surface area contributed by atoms with Gasteiger partial charge in [0.25, 0.3) is 0 Å². The second-order valence-corrected chi connectivity index (χ2v) is 8.91. The first-order valence-electron chi connectivity index (χ1n) is 9.65. The Kier molecular flexibility index (Phi) is 5.38. The Bertz CT molecular complexity index is 1170. The molecule has 156 valence electrons. The lowest BCUT2D eigenvalue weighted by Gasteiger charge is -2.10. The fourth-order valence-electron chi connectivity index (χ4n) is 2.97. The van der Waals surface area contributed by atoms with Gasteiger partial charge in [-0.3, -0.25) is 9.20 Å². The first-order chi connectivity index (χ1) is 14.3. The Balaban J connectivity index is 1.44. The summed E-state index contributed by atoms with van der Waals surface area (Å²) in [6, 6.07) is 6.06.